The Kier molecular flexibility index (Phi) is 4.41. The van der Waals surface area contributed by atoms with E-state index in [0.717, 1.165) is 28.5 Å². The van der Waals surface area contributed by atoms with E-state index in [4.69, 9.17) is 9.47 Å². The molecule has 2 aromatic heterocycles. The Morgan fingerprint density at radius 2 is 1.92 bits per heavy atom. The molecule has 3 rings (SSSR count). The number of hydrogen-bond donors (Lipinski definition) is 1. The summed E-state index contributed by atoms with van der Waals surface area (Å²) in [6.45, 7) is 0.634. The monoisotopic (exact) mass is 327 g/mol. The second-order valence-electron chi connectivity index (χ2n) is 5.55. The summed E-state index contributed by atoms with van der Waals surface area (Å²) in [4.78, 5) is 6.63. The molecular weight excluding hydrogens is 306 g/mol. The molecule has 0 saturated heterocycles. The number of ether oxygens (including phenoxy) is 2. The van der Waals surface area contributed by atoms with Crippen LogP contribution in [-0.2, 0) is 6.54 Å². The van der Waals surface area contributed by atoms with Crippen molar-refractivity contribution >= 4 is 17.2 Å². The van der Waals surface area contributed by atoms with E-state index >= 15 is 0 Å². The van der Waals surface area contributed by atoms with Crippen LogP contribution < -0.4 is 19.7 Å². The Labute approximate surface area is 140 Å². The van der Waals surface area contributed by atoms with Crippen molar-refractivity contribution in [3.05, 3.63) is 42.2 Å². The smallest absolute Gasteiger partial charge is 0.180 e. The summed E-state index contributed by atoms with van der Waals surface area (Å²) in [5, 5.41) is 7.63. The molecule has 7 nitrogen and oxygen atoms in total. The van der Waals surface area contributed by atoms with E-state index in [1.165, 1.54) is 0 Å². The molecule has 126 valence electrons. The summed E-state index contributed by atoms with van der Waals surface area (Å²) in [5.74, 6) is 2.22. The maximum Gasteiger partial charge on any atom is 0.180 e. The van der Waals surface area contributed by atoms with Crippen LogP contribution in [0, 0.1) is 0 Å². The summed E-state index contributed by atoms with van der Waals surface area (Å²) in [7, 11) is 7.21. The summed E-state index contributed by atoms with van der Waals surface area (Å²) in [5.41, 5.74) is 2.87. The fourth-order valence-electron chi connectivity index (χ4n) is 2.45. The van der Waals surface area contributed by atoms with Gasteiger partial charge in [-0.3, -0.25) is 0 Å². The number of benzene rings is 1. The lowest BCUT2D eigenvalue weighted by Gasteiger charge is -2.12. The van der Waals surface area contributed by atoms with Crippen molar-refractivity contribution in [1.29, 1.82) is 0 Å². The van der Waals surface area contributed by atoms with E-state index in [-0.39, 0.29) is 0 Å². The average molecular weight is 327 g/mol. The van der Waals surface area contributed by atoms with Gasteiger partial charge in [-0.15, -0.1) is 0 Å². The molecule has 0 fully saturated rings. The Bertz CT molecular complexity index is 844. The van der Waals surface area contributed by atoms with Gasteiger partial charge in [-0.25, -0.2) is 9.50 Å². The number of rotatable bonds is 6. The van der Waals surface area contributed by atoms with Gasteiger partial charge in [0.05, 0.1) is 20.4 Å². The van der Waals surface area contributed by atoms with E-state index < -0.39 is 0 Å². The van der Waals surface area contributed by atoms with Crippen LogP contribution in [0.3, 0.4) is 0 Å². The van der Waals surface area contributed by atoms with Gasteiger partial charge in [-0.2, -0.15) is 5.10 Å². The highest BCUT2D eigenvalue weighted by Crippen LogP contribution is 2.28. The summed E-state index contributed by atoms with van der Waals surface area (Å²) in [6, 6.07) is 7.75. The largest absolute Gasteiger partial charge is 0.493 e. The number of nitrogens with one attached hydrogen (secondary N) is 1. The Hall–Kier alpha value is -2.96. The maximum atomic E-state index is 5.33. The molecule has 0 aliphatic heterocycles. The van der Waals surface area contributed by atoms with Crippen LogP contribution in [0.2, 0.25) is 0 Å². The van der Waals surface area contributed by atoms with E-state index in [1.54, 1.807) is 24.9 Å². The molecule has 24 heavy (non-hydrogen) atoms. The molecule has 0 unspecified atom stereocenters. The lowest BCUT2D eigenvalue weighted by atomic mass is 10.2. The Morgan fingerprint density at radius 3 is 2.62 bits per heavy atom. The molecule has 3 aromatic rings. The fraction of sp³-hybridized carbons (Fsp3) is 0.294. The normalized spacial score (nSPS) is 10.7. The van der Waals surface area contributed by atoms with Gasteiger partial charge in [0.2, 0.25) is 0 Å². The van der Waals surface area contributed by atoms with Gasteiger partial charge in [-0.05, 0) is 23.8 Å². The minimum absolute atomic E-state index is 0.634. The Balaban J connectivity index is 1.79. The second kappa shape index (κ2) is 6.66. The van der Waals surface area contributed by atoms with Crippen molar-refractivity contribution in [2.75, 3.05) is 38.5 Å². The molecule has 0 aliphatic carbocycles. The molecule has 0 radical (unpaired) electrons. The zero-order valence-corrected chi connectivity index (χ0v) is 14.3. The summed E-state index contributed by atoms with van der Waals surface area (Å²) < 4.78 is 12.4. The van der Waals surface area contributed by atoms with Gasteiger partial charge in [0.1, 0.15) is 11.5 Å². The first-order valence-corrected chi connectivity index (χ1v) is 7.59. The predicted octanol–water partition coefficient (Wildman–Crippen LogP) is 2.42. The highest BCUT2D eigenvalue weighted by atomic mass is 16.5. The van der Waals surface area contributed by atoms with Crippen LogP contribution in [-0.4, -0.2) is 42.9 Å². The molecule has 0 bridgehead atoms. The van der Waals surface area contributed by atoms with Crippen molar-refractivity contribution in [3.63, 3.8) is 0 Å². The SMILES string of the molecule is COc1ccc(CNc2ccn3ncc(N(C)C)c3n2)cc1OC. The zero-order chi connectivity index (χ0) is 17.1. The molecule has 2 heterocycles. The van der Waals surface area contributed by atoms with Gasteiger partial charge >= 0.3 is 0 Å². The number of aromatic nitrogens is 3. The lowest BCUT2D eigenvalue weighted by molar-refractivity contribution is 0.354. The predicted molar refractivity (Wildman–Crippen MR) is 94.2 cm³/mol. The lowest BCUT2D eigenvalue weighted by Crippen LogP contribution is -2.09. The van der Waals surface area contributed by atoms with Gasteiger partial charge in [0.25, 0.3) is 0 Å². The van der Waals surface area contributed by atoms with Crippen molar-refractivity contribution in [3.8, 4) is 11.5 Å². The highest BCUT2D eigenvalue weighted by molar-refractivity contribution is 5.68. The quantitative estimate of drug-likeness (QED) is 0.750. The summed E-state index contributed by atoms with van der Waals surface area (Å²) in [6.07, 6.45) is 3.70. The number of hydrogen-bond acceptors (Lipinski definition) is 6. The second-order valence-corrected chi connectivity index (χ2v) is 5.55. The van der Waals surface area contributed by atoms with Crippen LogP contribution in [0.4, 0.5) is 11.5 Å². The first-order chi connectivity index (χ1) is 11.6. The molecule has 1 N–H and O–H groups in total. The van der Waals surface area contributed by atoms with Gasteiger partial charge in [0, 0.05) is 26.8 Å². The molecule has 1 aromatic carbocycles. The molecule has 0 amide bonds. The van der Waals surface area contributed by atoms with Gasteiger partial charge in [-0.1, -0.05) is 6.07 Å². The number of anilines is 2. The number of nitrogens with zero attached hydrogens (tertiary/aromatic N) is 4. The van der Waals surface area contributed by atoms with Crippen LogP contribution in [0.5, 0.6) is 11.5 Å². The van der Waals surface area contributed by atoms with Crippen molar-refractivity contribution in [2.24, 2.45) is 0 Å². The fourth-order valence-corrected chi connectivity index (χ4v) is 2.45. The minimum Gasteiger partial charge on any atom is -0.493 e. The van der Waals surface area contributed by atoms with E-state index in [9.17, 15) is 0 Å². The third kappa shape index (κ3) is 3.05. The number of methoxy groups -OCH3 is 2. The average Bonchev–Trinajstić information content (AvgIpc) is 3.03. The highest BCUT2D eigenvalue weighted by Gasteiger charge is 2.09. The van der Waals surface area contributed by atoms with Crippen LogP contribution in [0.1, 0.15) is 5.56 Å². The minimum atomic E-state index is 0.634. The van der Waals surface area contributed by atoms with Crippen LogP contribution >= 0.6 is 0 Å². The molecular formula is C17H21N5O2. The Morgan fingerprint density at radius 1 is 1.12 bits per heavy atom. The van der Waals surface area contributed by atoms with Crippen molar-refractivity contribution in [1.82, 2.24) is 14.6 Å². The van der Waals surface area contributed by atoms with Crippen molar-refractivity contribution < 1.29 is 9.47 Å². The summed E-state index contributed by atoms with van der Waals surface area (Å²) >= 11 is 0. The van der Waals surface area contributed by atoms with E-state index in [1.807, 2.05) is 49.5 Å². The molecule has 7 heteroatoms. The van der Waals surface area contributed by atoms with E-state index in [2.05, 4.69) is 15.4 Å². The third-order valence-corrected chi connectivity index (χ3v) is 3.75. The first-order valence-electron chi connectivity index (χ1n) is 7.59. The molecule has 0 spiro atoms. The van der Waals surface area contributed by atoms with Crippen LogP contribution in [0.25, 0.3) is 5.65 Å². The van der Waals surface area contributed by atoms with Gasteiger partial charge in [0.15, 0.2) is 17.1 Å². The molecule has 0 saturated carbocycles. The van der Waals surface area contributed by atoms with E-state index in [0.29, 0.717) is 12.3 Å². The standard InChI is InChI=1S/C17H21N5O2/c1-21(2)13-11-19-22-8-7-16(20-17(13)22)18-10-12-5-6-14(23-3)15(9-12)24-4/h5-9,11H,10H2,1-4H3,(H,18,20). The zero-order valence-electron chi connectivity index (χ0n) is 14.3. The number of fused-ring (bicyclic) bond motifs is 1. The van der Waals surface area contributed by atoms with Crippen molar-refractivity contribution in [2.45, 2.75) is 6.54 Å². The molecule has 0 atom stereocenters. The third-order valence-electron chi connectivity index (χ3n) is 3.75. The molecule has 0 aliphatic rings. The topological polar surface area (TPSA) is 63.9 Å². The first kappa shape index (κ1) is 15.9. The maximum absolute atomic E-state index is 5.33. The van der Waals surface area contributed by atoms with Gasteiger partial charge < -0.3 is 19.7 Å². The van der Waals surface area contributed by atoms with Crippen LogP contribution in [0.15, 0.2) is 36.7 Å².